The average Bonchev–Trinajstić information content (AvgIpc) is 2.32. The van der Waals surface area contributed by atoms with Gasteiger partial charge in [-0.3, -0.25) is 4.79 Å². The van der Waals surface area contributed by atoms with Gasteiger partial charge < -0.3 is 10.2 Å². The predicted molar refractivity (Wildman–Crippen MR) is 49.4 cm³/mol. The molecule has 0 aliphatic heterocycles. The summed E-state index contributed by atoms with van der Waals surface area (Å²) in [6.07, 6.45) is 2.98. The van der Waals surface area contributed by atoms with Crippen molar-refractivity contribution in [1.82, 2.24) is 0 Å². The molecule has 0 amide bonds. The molecule has 0 aromatic carbocycles. The van der Waals surface area contributed by atoms with Gasteiger partial charge >= 0.3 is 5.97 Å². The summed E-state index contributed by atoms with van der Waals surface area (Å²) in [7, 11) is 0. The first-order valence-electron chi connectivity index (χ1n) is 4.44. The summed E-state index contributed by atoms with van der Waals surface area (Å²) in [5.74, 6) is -0.957. The summed E-state index contributed by atoms with van der Waals surface area (Å²) in [5, 5.41) is 19.1. The quantitative estimate of drug-likeness (QED) is 0.640. The average molecular weight is 184 g/mol. The number of rotatable bonds is 2. The van der Waals surface area contributed by atoms with Crippen LogP contribution in [0.3, 0.4) is 0 Å². The Morgan fingerprint density at radius 2 is 2.15 bits per heavy atom. The van der Waals surface area contributed by atoms with E-state index in [2.05, 4.69) is 0 Å². The number of carbonyl (C=O) groups is 1. The Kier molecular flexibility index (Phi) is 2.24. The molecule has 0 spiro atoms. The van der Waals surface area contributed by atoms with Crippen LogP contribution in [0.15, 0.2) is 11.6 Å². The van der Waals surface area contributed by atoms with Gasteiger partial charge in [0, 0.05) is 0 Å². The fourth-order valence-electron chi connectivity index (χ4n) is 1.62. The van der Waals surface area contributed by atoms with Crippen LogP contribution in [-0.4, -0.2) is 21.8 Å². The van der Waals surface area contributed by atoms with Crippen LogP contribution in [0.25, 0.3) is 0 Å². The zero-order chi connectivity index (χ0) is 10.3. The summed E-state index contributed by atoms with van der Waals surface area (Å²) in [4.78, 5) is 10.9. The molecule has 3 nitrogen and oxygen atoms in total. The Balaban J connectivity index is 3.00. The molecule has 0 saturated carbocycles. The molecule has 0 aromatic rings. The number of aliphatic carboxylic acids is 1. The summed E-state index contributed by atoms with van der Waals surface area (Å²) in [5.41, 5.74) is -1.22. The second kappa shape index (κ2) is 2.84. The SMILES string of the molecule is CC1=CC(O)(C(C)(C)C(=O)O)CC1. The highest BCUT2D eigenvalue weighted by Crippen LogP contribution is 2.41. The third-order valence-corrected chi connectivity index (χ3v) is 3.00. The molecule has 0 saturated heterocycles. The molecule has 0 radical (unpaired) electrons. The highest BCUT2D eigenvalue weighted by molar-refractivity contribution is 5.76. The molecule has 0 bridgehead atoms. The molecule has 3 heteroatoms. The predicted octanol–water partition coefficient (Wildman–Crippen LogP) is 1.57. The van der Waals surface area contributed by atoms with Crippen LogP contribution < -0.4 is 0 Å². The monoisotopic (exact) mass is 184 g/mol. The smallest absolute Gasteiger partial charge is 0.312 e. The van der Waals surface area contributed by atoms with Crippen molar-refractivity contribution in [3.63, 3.8) is 0 Å². The maximum atomic E-state index is 10.9. The minimum absolute atomic E-state index is 0.512. The fraction of sp³-hybridized carbons (Fsp3) is 0.700. The summed E-state index contributed by atoms with van der Waals surface area (Å²) in [6, 6.07) is 0. The second-order valence-electron chi connectivity index (χ2n) is 4.35. The first-order chi connectivity index (χ1) is 5.79. The van der Waals surface area contributed by atoms with E-state index in [1.54, 1.807) is 19.9 Å². The van der Waals surface area contributed by atoms with Gasteiger partial charge in [0.25, 0.3) is 0 Å². The van der Waals surface area contributed by atoms with E-state index in [1.165, 1.54) is 0 Å². The van der Waals surface area contributed by atoms with Gasteiger partial charge in [0.2, 0.25) is 0 Å². The largest absolute Gasteiger partial charge is 0.481 e. The van der Waals surface area contributed by atoms with Crippen LogP contribution in [0, 0.1) is 5.41 Å². The number of carboxylic acid groups (broad SMARTS) is 1. The molecule has 1 aliphatic carbocycles. The molecular formula is C10H16O3. The fourth-order valence-corrected chi connectivity index (χ4v) is 1.62. The lowest BCUT2D eigenvalue weighted by Gasteiger charge is -2.34. The van der Waals surface area contributed by atoms with Crippen molar-refractivity contribution in [3.8, 4) is 0 Å². The highest BCUT2D eigenvalue weighted by Gasteiger charge is 2.49. The second-order valence-corrected chi connectivity index (χ2v) is 4.35. The van der Waals surface area contributed by atoms with Crippen molar-refractivity contribution >= 4 is 5.97 Å². The summed E-state index contributed by atoms with van der Waals surface area (Å²) < 4.78 is 0. The Bertz CT molecular complexity index is 265. The minimum atomic E-state index is -1.18. The molecule has 1 unspecified atom stereocenters. The van der Waals surface area contributed by atoms with Crippen molar-refractivity contribution in [3.05, 3.63) is 11.6 Å². The van der Waals surface area contributed by atoms with Gasteiger partial charge in [-0.15, -0.1) is 0 Å². The lowest BCUT2D eigenvalue weighted by molar-refractivity contribution is -0.159. The van der Waals surface area contributed by atoms with Gasteiger partial charge in [0.15, 0.2) is 0 Å². The van der Waals surface area contributed by atoms with Crippen molar-refractivity contribution in [2.24, 2.45) is 5.41 Å². The van der Waals surface area contributed by atoms with Crippen molar-refractivity contribution in [2.45, 2.75) is 39.2 Å². The third kappa shape index (κ3) is 1.48. The van der Waals surface area contributed by atoms with Crippen molar-refractivity contribution in [2.75, 3.05) is 0 Å². The van der Waals surface area contributed by atoms with Crippen molar-refractivity contribution < 1.29 is 15.0 Å². The van der Waals surface area contributed by atoms with E-state index >= 15 is 0 Å². The van der Waals surface area contributed by atoms with E-state index in [4.69, 9.17) is 5.11 Å². The van der Waals surface area contributed by atoms with Crippen LogP contribution in [-0.2, 0) is 4.79 Å². The van der Waals surface area contributed by atoms with Crippen LogP contribution in [0.4, 0.5) is 0 Å². The maximum absolute atomic E-state index is 10.9. The molecule has 0 aromatic heterocycles. The molecule has 13 heavy (non-hydrogen) atoms. The lowest BCUT2D eigenvalue weighted by atomic mass is 9.74. The molecular weight excluding hydrogens is 168 g/mol. The van der Waals surface area contributed by atoms with Crippen LogP contribution in [0.2, 0.25) is 0 Å². The maximum Gasteiger partial charge on any atom is 0.312 e. The van der Waals surface area contributed by atoms with Crippen LogP contribution >= 0.6 is 0 Å². The Morgan fingerprint density at radius 3 is 2.46 bits per heavy atom. The topological polar surface area (TPSA) is 57.5 Å². The number of hydrogen-bond donors (Lipinski definition) is 2. The molecule has 1 atom stereocenters. The normalized spacial score (nSPS) is 28.8. The third-order valence-electron chi connectivity index (χ3n) is 3.00. The van der Waals surface area contributed by atoms with Gasteiger partial charge in [-0.2, -0.15) is 0 Å². The summed E-state index contributed by atoms with van der Waals surface area (Å²) >= 11 is 0. The van der Waals surface area contributed by atoms with Gasteiger partial charge in [-0.05, 0) is 33.6 Å². The molecule has 1 aliphatic rings. The van der Waals surface area contributed by atoms with Gasteiger partial charge in [-0.25, -0.2) is 0 Å². The van der Waals surface area contributed by atoms with Gasteiger partial charge in [0.1, 0.15) is 0 Å². The minimum Gasteiger partial charge on any atom is -0.481 e. The molecule has 0 heterocycles. The van der Waals surface area contributed by atoms with Crippen LogP contribution in [0.1, 0.15) is 33.6 Å². The standard InChI is InChI=1S/C10H16O3/c1-7-4-5-10(13,6-7)9(2,3)8(11)12/h6,13H,4-5H2,1-3H3,(H,11,12). The summed E-state index contributed by atoms with van der Waals surface area (Å²) in [6.45, 7) is 5.03. The van der Waals surface area contributed by atoms with E-state index in [-0.39, 0.29) is 0 Å². The van der Waals surface area contributed by atoms with Gasteiger partial charge in [-0.1, -0.05) is 11.6 Å². The van der Waals surface area contributed by atoms with E-state index in [1.807, 2.05) is 6.92 Å². The van der Waals surface area contributed by atoms with Crippen molar-refractivity contribution in [1.29, 1.82) is 0 Å². The first kappa shape index (κ1) is 10.3. The van der Waals surface area contributed by atoms with Crippen LogP contribution in [0.5, 0.6) is 0 Å². The number of carboxylic acids is 1. The number of allylic oxidation sites excluding steroid dienone is 1. The first-order valence-corrected chi connectivity index (χ1v) is 4.44. The Morgan fingerprint density at radius 1 is 1.62 bits per heavy atom. The zero-order valence-electron chi connectivity index (χ0n) is 8.29. The van der Waals surface area contributed by atoms with E-state index in [9.17, 15) is 9.90 Å². The molecule has 74 valence electrons. The highest BCUT2D eigenvalue weighted by atomic mass is 16.4. The lowest BCUT2D eigenvalue weighted by Crippen LogP contribution is -2.46. The number of hydrogen-bond acceptors (Lipinski definition) is 2. The Hall–Kier alpha value is -0.830. The molecule has 2 N–H and O–H groups in total. The molecule has 1 rings (SSSR count). The van der Waals surface area contributed by atoms with E-state index < -0.39 is 17.0 Å². The Labute approximate surface area is 78.1 Å². The zero-order valence-corrected chi connectivity index (χ0v) is 8.29. The van der Waals surface area contributed by atoms with Gasteiger partial charge in [0.05, 0.1) is 11.0 Å². The molecule has 0 fully saturated rings. The number of aliphatic hydroxyl groups is 1. The van der Waals surface area contributed by atoms with E-state index in [0.29, 0.717) is 6.42 Å². The van der Waals surface area contributed by atoms with E-state index in [0.717, 1.165) is 12.0 Å².